The number of carbonyl (C=O) groups excluding carboxylic acids is 1. The highest BCUT2D eigenvalue weighted by atomic mass is 35.5. The average molecular weight is 288 g/mol. The Bertz CT molecular complexity index is 431. The first kappa shape index (κ1) is 13.7. The molecule has 0 aliphatic carbocycles. The minimum Gasteiger partial charge on any atom is -0.347 e. The van der Waals surface area contributed by atoms with Gasteiger partial charge in [-0.2, -0.15) is 0 Å². The number of nitrogens with one attached hydrogen (secondary N) is 2. The van der Waals surface area contributed by atoms with Crippen LogP contribution >= 0.6 is 23.2 Å². The molecule has 0 radical (unpaired) electrons. The summed E-state index contributed by atoms with van der Waals surface area (Å²) < 4.78 is 0. The molecule has 0 atom stereocenters. The van der Waals surface area contributed by atoms with Gasteiger partial charge in [-0.05, 0) is 17.7 Å². The lowest BCUT2D eigenvalue weighted by atomic mass is 10.2. The normalized spacial score (nSPS) is 15.9. The summed E-state index contributed by atoms with van der Waals surface area (Å²) in [4.78, 5) is 13.1. The van der Waals surface area contributed by atoms with E-state index >= 15 is 0 Å². The molecule has 0 bridgehead atoms. The van der Waals surface area contributed by atoms with E-state index in [1.165, 1.54) is 17.7 Å². The van der Waals surface area contributed by atoms with E-state index in [2.05, 4.69) is 5.32 Å². The van der Waals surface area contributed by atoms with E-state index in [0.29, 0.717) is 23.1 Å². The van der Waals surface area contributed by atoms with E-state index in [4.69, 9.17) is 23.2 Å². The maximum Gasteiger partial charge on any atom is 0.275 e. The van der Waals surface area contributed by atoms with E-state index in [1.807, 2.05) is 6.07 Å². The van der Waals surface area contributed by atoms with Crippen LogP contribution in [-0.2, 0) is 11.3 Å². The predicted molar refractivity (Wildman–Crippen MR) is 73.1 cm³/mol. The Morgan fingerprint density at radius 3 is 2.67 bits per heavy atom. The topological polar surface area (TPSA) is 33.5 Å². The summed E-state index contributed by atoms with van der Waals surface area (Å²) >= 11 is 11.9. The molecule has 18 heavy (non-hydrogen) atoms. The Kier molecular flexibility index (Phi) is 4.87. The Hall–Kier alpha value is -0.770. The summed E-state index contributed by atoms with van der Waals surface area (Å²) in [6, 6.07) is 5.31. The number of hydrogen-bond acceptors (Lipinski definition) is 1. The largest absolute Gasteiger partial charge is 0.347 e. The molecule has 2 rings (SSSR count). The molecule has 1 amide bonds. The Morgan fingerprint density at radius 2 is 2.00 bits per heavy atom. The fourth-order valence-electron chi connectivity index (χ4n) is 2.20. The minimum absolute atomic E-state index is 0.0814. The van der Waals surface area contributed by atoms with E-state index in [9.17, 15) is 4.79 Å². The molecule has 2 N–H and O–H groups in total. The zero-order chi connectivity index (χ0) is 13.0. The number of hydrogen-bond donors (Lipinski definition) is 2. The van der Waals surface area contributed by atoms with Gasteiger partial charge in [0.05, 0.1) is 13.1 Å². The molecule has 3 nitrogen and oxygen atoms in total. The van der Waals surface area contributed by atoms with Crippen LogP contribution in [0.15, 0.2) is 18.2 Å². The van der Waals surface area contributed by atoms with Crippen LogP contribution < -0.4 is 10.2 Å². The van der Waals surface area contributed by atoms with E-state index in [1.54, 1.807) is 12.1 Å². The lowest BCUT2D eigenvalue weighted by Gasteiger charge is -2.12. The van der Waals surface area contributed by atoms with Gasteiger partial charge in [-0.1, -0.05) is 29.3 Å². The number of carbonyl (C=O) groups is 1. The summed E-state index contributed by atoms with van der Waals surface area (Å²) in [7, 11) is 0. The Labute approximate surface area is 117 Å². The number of halogens is 2. The highest BCUT2D eigenvalue weighted by molar-refractivity contribution is 6.35. The highest BCUT2D eigenvalue weighted by Gasteiger charge is 2.18. The van der Waals surface area contributed by atoms with Crippen LogP contribution in [0.1, 0.15) is 18.4 Å². The summed E-state index contributed by atoms with van der Waals surface area (Å²) in [5.74, 6) is 0.0814. The molecular weight excluding hydrogens is 271 g/mol. The van der Waals surface area contributed by atoms with Crippen LogP contribution in [0.4, 0.5) is 0 Å². The SMILES string of the molecule is O=C(C[NH+]1CCCC1)NCc1ccc(Cl)cc1Cl. The maximum atomic E-state index is 11.7. The Morgan fingerprint density at radius 1 is 1.28 bits per heavy atom. The van der Waals surface area contributed by atoms with Crippen molar-refractivity contribution in [2.45, 2.75) is 19.4 Å². The van der Waals surface area contributed by atoms with Crippen molar-refractivity contribution < 1.29 is 9.69 Å². The first-order valence-corrected chi connectivity index (χ1v) is 6.95. The van der Waals surface area contributed by atoms with Crippen molar-refractivity contribution >= 4 is 29.1 Å². The molecule has 1 saturated heterocycles. The fourth-order valence-corrected chi connectivity index (χ4v) is 2.68. The zero-order valence-corrected chi connectivity index (χ0v) is 11.7. The first-order chi connectivity index (χ1) is 8.65. The molecular formula is C13H17Cl2N2O+. The summed E-state index contributed by atoms with van der Waals surface area (Å²) in [6.45, 7) is 3.23. The van der Waals surface area contributed by atoms with Gasteiger partial charge >= 0.3 is 0 Å². The van der Waals surface area contributed by atoms with Gasteiger partial charge in [0.2, 0.25) is 0 Å². The van der Waals surface area contributed by atoms with Gasteiger partial charge in [-0.3, -0.25) is 4.79 Å². The van der Waals surface area contributed by atoms with Crippen molar-refractivity contribution in [1.29, 1.82) is 0 Å². The molecule has 0 unspecified atom stereocenters. The van der Waals surface area contributed by atoms with Gasteiger partial charge in [0.1, 0.15) is 0 Å². The van der Waals surface area contributed by atoms with Gasteiger partial charge in [0, 0.05) is 29.4 Å². The van der Waals surface area contributed by atoms with E-state index in [0.717, 1.165) is 18.7 Å². The molecule has 1 aromatic carbocycles. The number of rotatable bonds is 4. The third kappa shape index (κ3) is 3.87. The van der Waals surface area contributed by atoms with Crippen LogP contribution in [0.5, 0.6) is 0 Å². The third-order valence-electron chi connectivity index (χ3n) is 3.21. The number of quaternary nitrogens is 1. The summed E-state index contributed by atoms with van der Waals surface area (Å²) in [5, 5.41) is 4.10. The molecule has 0 aromatic heterocycles. The number of amides is 1. The van der Waals surface area contributed by atoms with Crippen molar-refractivity contribution in [1.82, 2.24) is 5.32 Å². The van der Waals surface area contributed by atoms with Crippen LogP contribution in [0.3, 0.4) is 0 Å². The number of likely N-dealkylation sites (tertiary alicyclic amines) is 1. The lowest BCUT2D eigenvalue weighted by Crippen LogP contribution is -3.11. The Balaban J connectivity index is 1.81. The molecule has 1 fully saturated rings. The molecule has 1 aromatic rings. The van der Waals surface area contributed by atoms with Crippen molar-refractivity contribution in [3.05, 3.63) is 33.8 Å². The molecule has 1 heterocycles. The first-order valence-electron chi connectivity index (χ1n) is 6.19. The predicted octanol–water partition coefficient (Wildman–Crippen LogP) is 1.29. The quantitative estimate of drug-likeness (QED) is 0.860. The molecule has 0 saturated carbocycles. The summed E-state index contributed by atoms with van der Waals surface area (Å²) in [5.41, 5.74) is 0.894. The second kappa shape index (κ2) is 6.41. The molecule has 5 heteroatoms. The average Bonchev–Trinajstić information content (AvgIpc) is 2.80. The molecule has 1 aliphatic rings. The van der Waals surface area contributed by atoms with Crippen molar-refractivity contribution in [3.8, 4) is 0 Å². The number of benzene rings is 1. The van der Waals surface area contributed by atoms with E-state index < -0.39 is 0 Å². The van der Waals surface area contributed by atoms with Crippen LogP contribution in [0, 0.1) is 0 Å². The molecule has 1 aliphatic heterocycles. The third-order valence-corrected chi connectivity index (χ3v) is 3.80. The van der Waals surface area contributed by atoms with Crippen molar-refractivity contribution in [2.24, 2.45) is 0 Å². The molecule has 0 spiro atoms. The van der Waals surface area contributed by atoms with Crippen LogP contribution in [0.25, 0.3) is 0 Å². The monoisotopic (exact) mass is 287 g/mol. The van der Waals surface area contributed by atoms with Gasteiger partial charge in [-0.15, -0.1) is 0 Å². The smallest absolute Gasteiger partial charge is 0.275 e. The molecule has 98 valence electrons. The van der Waals surface area contributed by atoms with Gasteiger partial charge < -0.3 is 10.2 Å². The minimum atomic E-state index is 0.0814. The van der Waals surface area contributed by atoms with Crippen molar-refractivity contribution in [3.63, 3.8) is 0 Å². The van der Waals surface area contributed by atoms with Crippen LogP contribution in [-0.4, -0.2) is 25.5 Å². The lowest BCUT2D eigenvalue weighted by molar-refractivity contribution is -0.879. The van der Waals surface area contributed by atoms with Gasteiger partial charge in [0.25, 0.3) is 5.91 Å². The summed E-state index contributed by atoms with van der Waals surface area (Å²) in [6.07, 6.45) is 2.46. The standard InChI is InChI=1S/C13H16Cl2N2O/c14-11-4-3-10(12(15)7-11)8-16-13(18)9-17-5-1-2-6-17/h3-4,7H,1-2,5-6,8-9H2,(H,16,18)/p+1. The van der Waals surface area contributed by atoms with E-state index in [-0.39, 0.29) is 5.91 Å². The fraction of sp³-hybridized carbons (Fsp3) is 0.462. The van der Waals surface area contributed by atoms with Crippen LogP contribution in [0.2, 0.25) is 10.0 Å². The van der Waals surface area contributed by atoms with Crippen molar-refractivity contribution in [2.75, 3.05) is 19.6 Å². The second-order valence-corrected chi connectivity index (χ2v) is 5.49. The van der Waals surface area contributed by atoms with Gasteiger partial charge in [0.15, 0.2) is 6.54 Å². The maximum absolute atomic E-state index is 11.7. The highest BCUT2D eigenvalue weighted by Crippen LogP contribution is 2.20. The second-order valence-electron chi connectivity index (χ2n) is 4.65. The van der Waals surface area contributed by atoms with Gasteiger partial charge in [-0.25, -0.2) is 0 Å². The zero-order valence-electron chi connectivity index (χ0n) is 10.1.